The number of aromatic nitrogens is 2. The maximum atomic E-state index is 13.0. The highest BCUT2D eigenvalue weighted by Crippen LogP contribution is 2.21. The molecule has 0 spiro atoms. The molecule has 128 valence electrons. The number of amides is 1. The van der Waals surface area contributed by atoms with Gasteiger partial charge < -0.3 is 10.1 Å². The zero-order chi connectivity index (χ0) is 17.8. The van der Waals surface area contributed by atoms with Gasteiger partial charge in [0, 0.05) is 11.6 Å². The molecule has 1 N–H and O–H groups in total. The quantitative estimate of drug-likeness (QED) is 0.757. The molecule has 1 heterocycles. The van der Waals surface area contributed by atoms with Crippen molar-refractivity contribution in [2.45, 2.75) is 13.5 Å². The molecule has 0 fully saturated rings. The summed E-state index contributed by atoms with van der Waals surface area (Å²) in [6.07, 6.45) is 0.859. The van der Waals surface area contributed by atoms with Crippen LogP contribution in [0.1, 0.15) is 11.3 Å². The van der Waals surface area contributed by atoms with E-state index in [2.05, 4.69) is 10.4 Å². The molecule has 0 unspecified atom stereocenters. The standard InChI is InChI=1S/C18H15ClFN3O2/c1-12-17(11-22-23(12)16-8-6-15(20)7-9-16)25-18(24)21-10-13-2-4-14(19)5-3-13/h2-9,11H,10H2,1H3,(H,21,24). The summed E-state index contributed by atoms with van der Waals surface area (Å²) >= 11 is 5.82. The highest BCUT2D eigenvalue weighted by molar-refractivity contribution is 6.30. The van der Waals surface area contributed by atoms with Crippen molar-refractivity contribution in [3.63, 3.8) is 0 Å². The van der Waals surface area contributed by atoms with Gasteiger partial charge in [0.15, 0.2) is 5.75 Å². The average Bonchev–Trinajstić information content (AvgIpc) is 2.96. The third-order valence-electron chi connectivity index (χ3n) is 3.59. The largest absolute Gasteiger partial charge is 0.412 e. The molecule has 0 bridgehead atoms. The van der Waals surface area contributed by atoms with Crippen molar-refractivity contribution in [2.24, 2.45) is 0 Å². The van der Waals surface area contributed by atoms with Gasteiger partial charge >= 0.3 is 6.09 Å². The van der Waals surface area contributed by atoms with Gasteiger partial charge in [0.25, 0.3) is 0 Å². The van der Waals surface area contributed by atoms with E-state index in [1.54, 1.807) is 35.9 Å². The Balaban J connectivity index is 1.63. The molecule has 0 aliphatic rings. The van der Waals surface area contributed by atoms with Crippen LogP contribution in [0.2, 0.25) is 5.02 Å². The second-order valence-electron chi connectivity index (χ2n) is 5.35. The maximum absolute atomic E-state index is 13.0. The molecule has 2 aromatic carbocycles. The van der Waals surface area contributed by atoms with E-state index >= 15 is 0 Å². The number of hydrogen-bond donors (Lipinski definition) is 1. The fraction of sp³-hybridized carbons (Fsp3) is 0.111. The Morgan fingerprint density at radius 2 is 1.88 bits per heavy atom. The van der Waals surface area contributed by atoms with E-state index in [9.17, 15) is 9.18 Å². The molecular formula is C18H15ClFN3O2. The van der Waals surface area contributed by atoms with E-state index in [0.29, 0.717) is 28.7 Å². The van der Waals surface area contributed by atoms with Crippen LogP contribution in [-0.4, -0.2) is 15.9 Å². The molecule has 0 saturated carbocycles. The number of rotatable bonds is 4. The molecule has 25 heavy (non-hydrogen) atoms. The van der Waals surface area contributed by atoms with Crippen molar-refractivity contribution in [3.8, 4) is 11.4 Å². The Morgan fingerprint density at radius 3 is 2.56 bits per heavy atom. The topological polar surface area (TPSA) is 56.1 Å². The Hall–Kier alpha value is -2.86. The summed E-state index contributed by atoms with van der Waals surface area (Å²) in [7, 11) is 0. The summed E-state index contributed by atoms with van der Waals surface area (Å²) in [4.78, 5) is 11.9. The highest BCUT2D eigenvalue weighted by atomic mass is 35.5. The molecule has 7 heteroatoms. The summed E-state index contributed by atoms with van der Waals surface area (Å²) in [5.41, 5.74) is 2.21. The summed E-state index contributed by atoms with van der Waals surface area (Å²) in [6, 6.07) is 13.0. The molecule has 1 aromatic heterocycles. The lowest BCUT2D eigenvalue weighted by Crippen LogP contribution is -2.26. The smallest absolute Gasteiger partial charge is 0.407 e. The van der Waals surface area contributed by atoms with Gasteiger partial charge in [0.2, 0.25) is 0 Å². The van der Waals surface area contributed by atoms with Crippen LogP contribution in [0, 0.1) is 12.7 Å². The zero-order valence-electron chi connectivity index (χ0n) is 13.4. The molecule has 0 saturated heterocycles. The lowest BCUT2D eigenvalue weighted by Gasteiger charge is -2.07. The first-order valence-corrected chi connectivity index (χ1v) is 7.91. The fourth-order valence-electron chi connectivity index (χ4n) is 2.25. The van der Waals surface area contributed by atoms with Crippen LogP contribution in [0.25, 0.3) is 5.69 Å². The number of nitrogens with zero attached hydrogens (tertiary/aromatic N) is 2. The lowest BCUT2D eigenvalue weighted by molar-refractivity contribution is 0.199. The van der Waals surface area contributed by atoms with E-state index in [4.69, 9.17) is 16.3 Å². The van der Waals surface area contributed by atoms with Gasteiger partial charge in [-0.1, -0.05) is 23.7 Å². The van der Waals surface area contributed by atoms with Crippen LogP contribution in [-0.2, 0) is 6.54 Å². The number of ether oxygens (including phenoxy) is 1. The molecular weight excluding hydrogens is 345 g/mol. The van der Waals surface area contributed by atoms with Crippen molar-refractivity contribution >= 4 is 17.7 Å². The first kappa shape index (κ1) is 17.0. The Kier molecular flexibility index (Phi) is 5.00. The fourth-order valence-corrected chi connectivity index (χ4v) is 2.38. The van der Waals surface area contributed by atoms with Crippen LogP contribution < -0.4 is 10.1 Å². The van der Waals surface area contributed by atoms with Crippen molar-refractivity contribution < 1.29 is 13.9 Å². The van der Waals surface area contributed by atoms with Gasteiger partial charge in [-0.3, -0.25) is 0 Å². The average molecular weight is 360 g/mol. The molecule has 1 amide bonds. The van der Waals surface area contributed by atoms with E-state index < -0.39 is 6.09 Å². The normalized spacial score (nSPS) is 10.5. The first-order chi connectivity index (χ1) is 12.0. The Bertz CT molecular complexity index is 876. The SMILES string of the molecule is Cc1c(OC(=O)NCc2ccc(Cl)cc2)cnn1-c1ccc(F)cc1. The van der Waals surface area contributed by atoms with Crippen LogP contribution in [0.4, 0.5) is 9.18 Å². The zero-order valence-corrected chi connectivity index (χ0v) is 14.1. The minimum atomic E-state index is -0.586. The number of hydrogen-bond acceptors (Lipinski definition) is 3. The monoisotopic (exact) mass is 359 g/mol. The van der Waals surface area contributed by atoms with E-state index in [-0.39, 0.29) is 5.82 Å². The van der Waals surface area contributed by atoms with Gasteiger partial charge in [-0.15, -0.1) is 0 Å². The summed E-state index contributed by atoms with van der Waals surface area (Å²) < 4.78 is 19.9. The van der Waals surface area contributed by atoms with Crippen molar-refractivity contribution in [3.05, 3.63) is 76.8 Å². The third kappa shape index (κ3) is 4.16. The molecule has 3 aromatic rings. The van der Waals surface area contributed by atoms with E-state index in [1.165, 1.54) is 18.3 Å². The minimum absolute atomic E-state index is 0.321. The molecule has 3 rings (SSSR count). The number of carbonyl (C=O) groups excluding carboxylic acids is 1. The van der Waals surface area contributed by atoms with Crippen LogP contribution >= 0.6 is 11.6 Å². The number of carbonyl (C=O) groups is 1. The second-order valence-corrected chi connectivity index (χ2v) is 5.79. The predicted molar refractivity (Wildman–Crippen MR) is 92.6 cm³/mol. The van der Waals surface area contributed by atoms with E-state index in [0.717, 1.165) is 5.56 Å². The van der Waals surface area contributed by atoms with E-state index in [1.807, 2.05) is 12.1 Å². The summed E-state index contributed by atoms with van der Waals surface area (Å²) in [5, 5.41) is 7.47. The van der Waals surface area contributed by atoms with Gasteiger partial charge in [0.1, 0.15) is 5.82 Å². The molecule has 0 aliphatic heterocycles. The third-order valence-corrected chi connectivity index (χ3v) is 3.84. The van der Waals surface area contributed by atoms with Gasteiger partial charge in [-0.25, -0.2) is 13.9 Å². The molecule has 0 aliphatic carbocycles. The summed E-state index contributed by atoms with van der Waals surface area (Å²) in [6.45, 7) is 2.08. The van der Waals surface area contributed by atoms with Crippen molar-refractivity contribution in [1.29, 1.82) is 0 Å². The van der Waals surface area contributed by atoms with Crippen LogP contribution in [0.15, 0.2) is 54.7 Å². The van der Waals surface area contributed by atoms with Gasteiger partial charge in [-0.2, -0.15) is 5.10 Å². The number of halogens is 2. The molecule has 5 nitrogen and oxygen atoms in total. The van der Waals surface area contributed by atoms with Gasteiger partial charge in [-0.05, 0) is 48.9 Å². The van der Waals surface area contributed by atoms with Gasteiger partial charge in [0.05, 0.1) is 17.6 Å². The molecule has 0 atom stereocenters. The van der Waals surface area contributed by atoms with Crippen LogP contribution in [0.3, 0.4) is 0 Å². The summed E-state index contributed by atoms with van der Waals surface area (Å²) in [5.74, 6) is 0.00420. The first-order valence-electron chi connectivity index (χ1n) is 7.53. The van der Waals surface area contributed by atoms with Crippen molar-refractivity contribution in [1.82, 2.24) is 15.1 Å². The minimum Gasteiger partial charge on any atom is -0.407 e. The van der Waals surface area contributed by atoms with Crippen molar-refractivity contribution in [2.75, 3.05) is 0 Å². The predicted octanol–water partition coefficient (Wildman–Crippen LogP) is 4.26. The number of benzene rings is 2. The Labute approximate surface area is 149 Å². The number of nitrogens with one attached hydrogen (secondary N) is 1. The Morgan fingerprint density at radius 1 is 1.20 bits per heavy atom. The lowest BCUT2D eigenvalue weighted by atomic mass is 10.2. The second kappa shape index (κ2) is 7.36. The van der Waals surface area contributed by atoms with Crippen LogP contribution in [0.5, 0.6) is 5.75 Å². The maximum Gasteiger partial charge on any atom is 0.412 e. The highest BCUT2D eigenvalue weighted by Gasteiger charge is 2.13. The molecule has 0 radical (unpaired) electrons.